The van der Waals surface area contributed by atoms with Crippen molar-refractivity contribution >= 4 is 5.97 Å². The normalized spacial score (nSPS) is 14.4. The molecule has 1 aromatic heterocycles. The molecule has 0 fully saturated rings. The predicted molar refractivity (Wildman–Crippen MR) is 114 cm³/mol. The number of carbonyl (C=O) groups excluding carboxylic acids is 1. The van der Waals surface area contributed by atoms with Gasteiger partial charge in [-0.15, -0.1) is 0 Å². The van der Waals surface area contributed by atoms with Gasteiger partial charge >= 0.3 is 5.97 Å². The highest BCUT2D eigenvalue weighted by atomic mass is 16.5. The van der Waals surface area contributed by atoms with Crippen LogP contribution in [0.1, 0.15) is 51.3 Å². The SMILES string of the molecule is CCc1cc(-c2c(OC(=O)C(C)(C)C)n3n(c2=O)CCOCC3)cc(CC)c1C. The van der Waals surface area contributed by atoms with Crippen molar-refractivity contribution in [3.8, 4) is 17.0 Å². The molecule has 6 nitrogen and oxygen atoms in total. The van der Waals surface area contributed by atoms with E-state index in [1.54, 1.807) is 9.36 Å². The summed E-state index contributed by atoms with van der Waals surface area (Å²) >= 11 is 0. The summed E-state index contributed by atoms with van der Waals surface area (Å²) in [5.41, 5.74) is 4.16. The first-order chi connectivity index (χ1) is 13.7. The molecular weight excluding hydrogens is 368 g/mol. The second-order valence-electron chi connectivity index (χ2n) is 8.61. The number of rotatable bonds is 4. The zero-order chi connectivity index (χ0) is 21.3. The Balaban J connectivity index is 2.26. The molecule has 158 valence electrons. The molecule has 0 spiro atoms. The lowest BCUT2D eigenvalue weighted by Crippen LogP contribution is -2.27. The van der Waals surface area contributed by atoms with Crippen LogP contribution in [0, 0.1) is 12.3 Å². The minimum atomic E-state index is -0.673. The highest BCUT2D eigenvalue weighted by Gasteiger charge is 2.30. The second-order valence-corrected chi connectivity index (χ2v) is 8.61. The zero-order valence-corrected chi connectivity index (χ0v) is 18.4. The van der Waals surface area contributed by atoms with Crippen molar-refractivity contribution in [3.05, 3.63) is 39.2 Å². The molecule has 1 aliphatic rings. The average molecular weight is 401 g/mol. The lowest BCUT2D eigenvalue weighted by atomic mass is 9.93. The van der Waals surface area contributed by atoms with Crippen LogP contribution in [0.5, 0.6) is 5.88 Å². The Morgan fingerprint density at radius 1 is 1.07 bits per heavy atom. The Morgan fingerprint density at radius 3 is 2.14 bits per heavy atom. The van der Waals surface area contributed by atoms with E-state index in [1.807, 2.05) is 20.8 Å². The second kappa shape index (κ2) is 8.19. The van der Waals surface area contributed by atoms with Gasteiger partial charge in [0.1, 0.15) is 5.56 Å². The summed E-state index contributed by atoms with van der Waals surface area (Å²) in [5.74, 6) is -0.0308. The van der Waals surface area contributed by atoms with E-state index < -0.39 is 5.41 Å². The number of fused-ring (bicyclic) bond motifs is 1. The summed E-state index contributed by atoms with van der Waals surface area (Å²) < 4.78 is 14.8. The van der Waals surface area contributed by atoms with Crippen LogP contribution in [-0.4, -0.2) is 28.5 Å². The average Bonchev–Trinajstić information content (AvgIpc) is 2.82. The Morgan fingerprint density at radius 2 is 1.62 bits per heavy atom. The van der Waals surface area contributed by atoms with E-state index in [1.165, 1.54) is 16.7 Å². The Kier molecular flexibility index (Phi) is 6.03. The zero-order valence-electron chi connectivity index (χ0n) is 18.4. The molecule has 0 atom stereocenters. The van der Waals surface area contributed by atoms with Crippen LogP contribution in [0.4, 0.5) is 0 Å². The molecule has 0 aliphatic carbocycles. The molecule has 29 heavy (non-hydrogen) atoms. The summed E-state index contributed by atoms with van der Waals surface area (Å²) in [6, 6.07) is 4.13. The third-order valence-electron chi connectivity index (χ3n) is 5.56. The minimum Gasteiger partial charge on any atom is -0.407 e. The van der Waals surface area contributed by atoms with Gasteiger partial charge in [0.2, 0.25) is 5.88 Å². The molecular formula is C23H32N2O4. The fourth-order valence-corrected chi connectivity index (χ4v) is 3.73. The van der Waals surface area contributed by atoms with Gasteiger partial charge in [-0.3, -0.25) is 9.59 Å². The van der Waals surface area contributed by atoms with E-state index in [-0.39, 0.29) is 11.5 Å². The highest BCUT2D eigenvalue weighted by Crippen LogP contribution is 2.33. The summed E-state index contributed by atoms with van der Waals surface area (Å²) in [5, 5.41) is 0. The Hall–Kier alpha value is -2.34. The maximum atomic E-state index is 13.4. The molecule has 0 saturated heterocycles. The van der Waals surface area contributed by atoms with Gasteiger partial charge in [0.05, 0.1) is 31.7 Å². The van der Waals surface area contributed by atoms with Gasteiger partial charge in [-0.25, -0.2) is 9.36 Å². The van der Waals surface area contributed by atoms with Gasteiger partial charge in [-0.2, -0.15) is 0 Å². The van der Waals surface area contributed by atoms with Crippen LogP contribution in [0.2, 0.25) is 0 Å². The van der Waals surface area contributed by atoms with Crippen LogP contribution in [0.3, 0.4) is 0 Å². The maximum Gasteiger partial charge on any atom is 0.317 e. The first-order valence-electron chi connectivity index (χ1n) is 10.4. The molecule has 6 heteroatoms. The van der Waals surface area contributed by atoms with Crippen molar-refractivity contribution in [2.75, 3.05) is 13.2 Å². The third-order valence-corrected chi connectivity index (χ3v) is 5.56. The van der Waals surface area contributed by atoms with Crippen LogP contribution < -0.4 is 10.3 Å². The van der Waals surface area contributed by atoms with E-state index in [0.717, 1.165) is 18.4 Å². The quantitative estimate of drug-likeness (QED) is 0.734. The molecule has 0 saturated carbocycles. The van der Waals surface area contributed by atoms with E-state index in [2.05, 4.69) is 32.9 Å². The molecule has 0 amide bonds. The molecule has 0 radical (unpaired) electrons. The number of ether oxygens (including phenoxy) is 2. The van der Waals surface area contributed by atoms with Gasteiger partial charge in [-0.05, 0) is 62.8 Å². The molecule has 1 aromatic carbocycles. The topological polar surface area (TPSA) is 62.5 Å². The van der Waals surface area contributed by atoms with Gasteiger partial charge in [0, 0.05) is 0 Å². The standard InChI is InChI=1S/C23H32N2O4/c1-7-16-13-18(14-17(8-2)15(16)3)19-20(26)24-9-11-28-12-10-25(24)21(19)29-22(27)23(4,5)6/h13-14H,7-12H2,1-6H3. The van der Waals surface area contributed by atoms with Crippen molar-refractivity contribution in [3.63, 3.8) is 0 Å². The number of aromatic nitrogens is 2. The number of nitrogens with zero attached hydrogens (tertiary/aromatic N) is 2. The summed E-state index contributed by atoms with van der Waals surface area (Å²) in [7, 11) is 0. The fraction of sp³-hybridized carbons (Fsp3) is 0.565. The van der Waals surface area contributed by atoms with Gasteiger partial charge in [-0.1, -0.05) is 26.0 Å². The van der Waals surface area contributed by atoms with Crippen molar-refractivity contribution in [2.24, 2.45) is 5.41 Å². The number of hydrogen-bond donors (Lipinski definition) is 0. The van der Waals surface area contributed by atoms with Crippen molar-refractivity contribution in [2.45, 2.75) is 67.5 Å². The van der Waals surface area contributed by atoms with Crippen LogP contribution in [-0.2, 0) is 35.5 Å². The van der Waals surface area contributed by atoms with E-state index in [0.29, 0.717) is 37.7 Å². The largest absolute Gasteiger partial charge is 0.407 e. The van der Waals surface area contributed by atoms with Crippen molar-refractivity contribution in [1.29, 1.82) is 0 Å². The fourth-order valence-electron chi connectivity index (χ4n) is 3.73. The minimum absolute atomic E-state index is 0.139. The van der Waals surface area contributed by atoms with Crippen molar-refractivity contribution in [1.82, 2.24) is 9.36 Å². The van der Waals surface area contributed by atoms with Crippen LogP contribution >= 0.6 is 0 Å². The van der Waals surface area contributed by atoms with E-state index in [4.69, 9.17) is 9.47 Å². The third kappa shape index (κ3) is 4.04. The van der Waals surface area contributed by atoms with E-state index >= 15 is 0 Å². The monoisotopic (exact) mass is 400 g/mol. The number of esters is 1. The molecule has 0 bridgehead atoms. The predicted octanol–water partition coefficient (Wildman–Crippen LogP) is 3.73. The Bertz CT molecular complexity index is 951. The van der Waals surface area contributed by atoms with Gasteiger partial charge in [0.25, 0.3) is 5.56 Å². The molecule has 0 unspecified atom stereocenters. The molecule has 2 heterocycles. The van der Waals surface area contributed by atoms with Gasteiger partial charge in [0.15, 0.2) is 0 Å². The number of carbonyl (C=O) groups is 1. The maximum absolute atomic E-state index is 13.4. The summed E-state index contributed by atoms with van der Waals surface area (Å²) in [6.07, 6.45) is 1.76. The smallest absolute Gasteiger partial charge is 0.317 e. The Labute approximate surface area is 172 Å². The van der Waals surface area contributed by atoms with Crippen LogP contribution in [0.15, 0.2) is 16.9 Å². The lowest BCUT2D eigenvalue weighted by molar-refractivity contribution is -0.143. The first-order valence-corrected chi connectivity index (χ1v) is 10.4. The molecule has 3 rings (SSSR count). The summed E-state index contributed by atoms with van der Waals surface area (Å²) in [4.78, 5) is 26.1. The molecule has 1 aliphatic heterocycles. The lowest BCUT2D eigenvalue weighted by Gasteiger charge is -2.19. The van der Waals surface area contributed by atoms with Crippen LogP contribution in [0.25, 0.3) is 11.1 Å². The first kappa shape index (κ1) is 21.4. The van der Waals surface area contributed by atoms with Crippen molar-refractivity contribution < 1.29 is 14.3 Å². The molecule has 2 aromatic rings. The van der Waals surface area contributed by atoms with E-state index in [9.17, 15) is 9.59 Å². The van der Waals surface area contributed by atoms with Gasteiger partial charge < -0.3 is 9.47 Å². The highest BCUT2D eigenvalue weighted by molar-refractivity contribution is 5.80. The number of aryl methyl sites for hydroxylation is 2. The number of hydrogen-bond acceptors (Lipinski definition) is 4. The number of benzene rings is 1. The summed E-state index contributed by atoms with van der Waals surface area (Å²) in [6.45, 7) is 13.6. The molecule has 0 N–H and O–H groups in total.